The van der Waals surface area contributed by atoms with Crippen molar-refractivity contribution in [2.24, 2.45) is 0 Å². The second kappa shape index (κ2) is 3.44. The number of hydrogen-bond acceptors (Lipinski definition) is 5. The minimum absolute atomic E-state index is 0.121. The average Bonchev–Trinajstić information content (AvgIpc) is 2.70. The van der Waals surface area contributed by atoms with Crippen LogP contribution in [0.25, 0.3) is 16.7 Å². The highest BCUT2D eigenvalue weighted by Crippen LogP contribution is 2.28. The second-order valence-corrected chi connectivity index (χ2v) is 3.47. The van der Waals surface area contributed by atoms with E-state index in [1.165, 1.54) is 11.0 Å². The number of aromatic nitrogens is 4. The largest absolute Gasteiger partial charge is 0.492 e. The molecule has 0 amide bonds. The van der Waals surface area contributed by atoms with Gasteiger partial charge in [0.1, 0.15) is 6.33 Å². The summed E-state index contributed by atoms with van der Waals surface area (Å²) in [6, 6.07) is 9.09. The van der Waals surface area contributed by atoms with Crippen molar-refractivity contribution in [3.8, 4) is 17.4 Å². The Labute approximate surface area is 95.8 Å². The summed E-state index contributed by atoms with van der Waals surface area (Å²) in [6.07, 6.45) is 1.17. The topological polar surface area (TPSA) is 84.1 Å². The van der Waals surface area contributed by atoms with Gasteiger partial charge in [0.15, 0.2) is 11.0 Å². The molecule has 0 aliphatic carbocycles. The van der Waals surface area contributed by atoms with Gasteiger partial charge in [-0.3, -0.25) is 0 Å². The lowest BCUT2D eigenvalue weighted by Crippen LogP contribution is -1.94. The highest BCUT2D eigenvalue weighted by molar-refractivity contribution is 5.83. The molecular weight excluding hydrogens is 220 g/mol. The highest BCUT2D eigenvalue weighted by Gasteiger charge is 2.15. The van der Waals surface area contributed by atoms with Crippen LogP contribution < -0.4 is 0 Å². The van der Waals surface area contributed by atoms with Crippen LogP contribution in [0.1, 0.15) is 0 Å². The van der Waals surface area contributed by atoms with E-state index in [9.17, 15) is 10.2 Å². The smallest absolute Gasteiger partial charge is 0.243 e. The van der Waals surface area contributed by atoms with E-state index in [0.29, 0.717) is 5.69 Å². The maximum absolute atomic E-state index is 9.97. The van der Waals surface area contributed by atoms with Gasteiger partial charge in [0.2, 0.25) is 11.8 Å². The summed E-state index contributed by atoms with van der Waals surface area (Å²) in [5, 5.41) is 23.6. The van der Waals surface area contributed by atoms with Crippen molar-refractivity contribution in [2.75, 3.05) is 0 Å². The number of aromatic hydroxyl groups is 2. The monoisotopic (exact) mass is 228 g/mol. The van der Waals surface area contributed by atoms with Crippen molar-refractivity contribution in [1.29, 1.82) is 0 Å². The van der Waals surface area contributed by atoms with Gasteiger partial charge in [-0.25, -0.2) is 4.98 Å². The Hall–Kier alpha value is -2.63. The van der Waals surface area contributed by atoms with Crippen molar-refractivity contribution in [3.63, 3.8) is 0 Å². The van der Waals surface area contributed by atoms with Gasteiger partial charge < -0.3 is 10.2 Å². The first kappa shape index (κ1) is 9.59. The van der Waals surface area contributed by atoms with Gasteiger partial charge in [-0.1, -0.05) is 18.2 Å². The Kier molecular flexibility index (Phi) is 1.94. The molecule has 0 aliphatic rings. The fourth-order valence-corrected chi connectivity index (χ4v) is 1.62. The third-order valence-electron chi connectivity index (χ3n) is 2.42. The van der Waals surface area contributed by atoms with E-state index in [-0.39, 0.29) is 22.8 Å². The van der Waals surface area contributed by atoms with Gasteiger partial charge in [0.05, 0.1) is 5.69 Å². The number of benzene rings is 1. The molecule has 0 atom stereocenters. The average molecular weight is 228 g/mol. The molecule has 1 aromatic carbocycles. The first-order chi connectivity index (χ1) is 8.27. The summed E-state index contributed by atoms with van der Waals surface area (Å²) in [5.41, 5.74) is 1.08. The van der Waals surface area contributed by atoms with Crippen LogP contribution in [0.4, 0.5) is 0 Å². The fraction of sp³-hybridized carbons (Fsp3) is 0. The third kappa shape index (κ3) is 1.38. The molecule has 0 saturated carbocycles. The van der Waals surface area contributed by atoms with E-state index in [1.807, 2.05) is 18.2 Å². The molecular formula is C11H8N4O2. The van der Waals surface area contributed by atoms with Crippen molar-refractivity contribution < 1.29 is 10.2 Å². The minimum Gasteiger partial charge on any atom is -0.492 e. The third-order valence-corrected chi connectivity index (χ3v) is 2.42. The van der Waals surface area contributed by atoms with Crippen LogP contribution >= 0.6 is 0 Å². The van der Waals surface area contributed by atoms with Gasteiger partial charge in [0.25, 0.3) is 0 Å². The van der Waals surface area contributed by atoms with E-state index in [4.69, 9.17) is 0 Å². The standard InChI is InChI=1S/C11H8N4O2/c16-10-8-9(12-6-13-10)11(17)15(14-8)7-4-2-1-3-5-7/h1-6,17H,(H,12,13,16). The van der Waals surface area contributed by atoms with Gasteiger partial charge in [0, 0.05) is 0 Å². The summed E-state index contributed by atoms with van der Waals surface area (Å²) in [6.45, 7) is 0. The molecule has 84 valence electrons. The van der Waals surface area contributed by atoms with Crippen LogP contribution in [-0.2, 0) is 0 Å². The summed E-state index contributed by atoms with van der Waals surface area (Å²) < 4.78 is 1.30. The SMILES string of the molecule is Oc1ncnc2c(O)n(-c3ccccc3)nc12. The van der Waals surface area contributed by atoms with Crippen LogP contribution in [0.2, 0.25) is 0 Å². The Morgan fingerprint density at radius 2 is 1.71 bits per heavy atom. The molecule has 17 heavy (non-hydrogen) atoms. The first-order valence-electron chi connectivity index (χ1n) is 4.94. The minimum atomic E-state index is -0.250. The maximum atomic E-state index is 9.97. The lowest BCUT2D eigenvalue weighted by Gasteiger charge is -2.00. The quantitative estimate of drug-likeness (QED) is 0.654. The molecule has 0 radical (unpaired) electrons. The van der Waals surface area contributed by atoms with E-state index < -0.39 is 0 Å². The molecule has 2 aromatic heterocycles. The Bertz CT molecular complexity index is 679. The Morgan fingerprint density at radius 1 is 0.941 bits per heavy atom. The number of nitrogens with zero attached hydrogens (tertiary/aromatic N) is 4. The van der Waals surface area contributed by atoms with E-state index in [2.05, 4.69) is 15.1 Å². The first-order valence-corrected chi connectivity index (χ1v) is 4.94. The van der Waals surface area contributed by atoms with Gasteiger partial charge in [-0.05, 0) is 12.1 Å². The van der Waals surface area contributed by atoms with Crippen molar-refractivity contribution in [1.82, 2.24) is 19.7 Å². The van der Waals surface area contributed by atoms with Gasteiger partial charge in [-0.15, -0.1) is 0 Å². The zero-order chi connectivity index (χ0) is 11.8. The second-order valence-electron chi connectivity index (χ2n) is 3.47. The highest BCUT2D eigenvalue weighted by atomic mass is 16.3. The van der Waals surface area contributed by atoms with E-state index >= 15 is 0 Å². The lowest BCUT2D eigenvalue weighted by molar-refractivity contribution is 0.437. The summed E-state index contributed by atoms with van der Waals surface area (Å²) in [7, 11) is 0. The molecule has 2 N–H and O–H groups in total. The summed E-state index contributed by atoms with van der Waals surface area (Å²) >= 11 is 0. The van der Waals surface area contributed by atoms with Crippen molar-refractivity contribution in [2.45, 2.75) is 0 Å². The van der Waals surface area contributed by atoms with Gasteiger partial charge >= 0.3 is 0 Å². The number of hydrogen-bond donors (Lipinski definition) is 2. The molecule has 6 nitrogen and oxygen atoms in total. The van der Waals surface area contributed by atoms with Crippen LogP contribution in [0.3, 0.4) is 0 Å². The number of para-hydroxylation sites is 1. The zero-order valence-electron chi connectivity index (χ0n) is 8.65. The van der Waals surface area contributed by atoms with Crippen LogP contribution in [0.15, 0.2) is 36.7 Å². The Balaban J connectivity index is 2.32. The van der Waals surface area contributed by atoms with E-state index in [0.717, 1.165) is 0 Å². The van der Waals surface area contributed by atoms with Gasteiger partial charge in [-0.2, -0.15) is 14.8 Å². The molecule has 3 rings (SSSR count). The van der Waals surface area contributed by atoms with Crippen LogP contribution in [0.5, 0.6) is 11.8 Å². The molecule has 0 bridgehead atoms. The van der Waals surface area contributed by atoms with Crippen molar-refractivity contribution in [3.05, 3.63) is 36.7 Å². The van der Waals surface area contributed by atoms with Crippen LogP contribution in [0, 0.1) is 0 Å². The molecule has 0 spiro atoms. The maximum Gasteiger partial charge on any atom is 0.243 e. The molecule has 0 saturated heterocycles. The molecule has 3 aromatic rings. The molecule has 0 unspecified atom stereocenters. The summed E-state index contributed by atoms with van der Waals surface area (Å²) in [4.78, 5) is 7.50. The molecule has 0 fully saturated rings. The van der Waals surface area contributed by atoms with Crippen molar-refractivity contribution >= 4 is 11.0 Å². The predicted molar refractivity (Wildman–Crippen MR) is 60.0 cm³/mol. The summed E-state index contributed by atoms with van der Waals surface area (Å²) in [5.74, 6) is -0.371. The molecule has 2 heterocycles. The van der Waals surface area contributed by atoms with Crippen LogP contribution in [-0.4, -0.2) is 30.0 Å². The number of fused-ring (bicyclic) bond motifs is 1. The Morgan fingerprint density at radius 3 is 2.41 bits per heavy atom. The molecule has 6 heteroatoms. The normalized spacial score (nSPS) is 10.8. The molecule has 0 aliphatic heterocycles. The number of rotatable bonds is 1. The zero-order valence-corrected chi connectivity index (χ0v) is 8.65. The fourth-order valence-electron chi connectivity index (χ4n) is 1.62. The lowest BCUT2D eigenvalue weighted by atomic mass is 10.3. The van der Waals surface area contributed by atoms with E-state index in [1.54, 1.807) is 12.1 Å². The predicted octanol–water partition coefficient (Wildman–Crippen LogP) is 1.23.